The summed E-state index contributed by atoms with van der Waals surface area (Å²) in [7, 11) is -3.37. The van der Waals surface area contributed by atoms with Crippen molar-refractivity contribution in [3.8, 4) is 0 Å². The van der Waals surface area contributed by atoms with Crippen molar-refractivity contribution in [1.82, 2.24) is 14.9 Å². The molecular weight excluding hydrogens is 202 g/mol. The average molecular weight is 215 g/mol. The van der Waals surface area contributed by atoms with Crippen LogP contribution in [0.25, 0.3) is 0 Å². The van der Waals surface area contributed by atoms with Crippen LogP contribution < -0.4 is 4.72 Å². The monoisotopic (exact) mass is 215 g/mol. The van der Waals surface area contributed by atoms with Gasteiger partial charge in [-0.3, -0.25) is 5.10 Å². The van der Waals surface area contributed by atoms with Gasteiger partial charge in [0, 0.05) is 6.04 Å². The summed E-state index contributed by atoms with van der Waals surface area (Å²) < 4.78 is 25.9. The Labute approximate surface area is 83.0 Å². The molecule has 0 radical (unpaired) electrons. The Kier molecular flexibility index (Phi) is 2.32. The molecule has 0 unspecified atom stereocenters. The Hall–Kier alpha value is -0.880. The van der Waals surface area contributed by atoms with Gasteiger partial charge in [-0.05, 0) is 24.8 Å². The second-order valence-electron chi connectivity index (χ2n) is 3.82. The molecule has 1 aliphatic carbocycles. The Balaban J connectivity index is 2.04. The van der Waals surface area contributed by atoms with Crippen LogP contribution in [0.5, 0.6) is 0 Å². The van der Waals surface area contributed by atoms with Crippen LogP contribution >= 0.6 is 0 Å². The van der Waals surface area contributed by atoms with Crippen LogP contribution in [0, 0.1) is 5.92 Å². The van der Waals surface area contributed by atoms with E-state index in [1.807, 2.05) is 0 Å². The highest BCUT2D eigenvalue weighted by atomic mass is 32.2. The van der Waals surface area contributed by atoms with Crippen LogP contribution in [0.4, 0.5) is 0 Å². The van der Waals surface area contributed by atoms with Gasteiger partial charge in [0.15, 0.2) is 5.03 Å². The van der Waals surface area contributed by atoms with E-state index in [2.05, 4.69) is 21.8 Å². The van der Waals surface area contributed by atoms with Crippen molar-refractivity contribution in [2.75, 3.05) is 0 Å². The maximum Gasteiger partial charge on any atom is 0.257 e. The van der Waals surface area contributed by atoms with Crippen LogP contribution in [-0.2, 0) is 10.0 Å². The van der Waals surface area contributed by atoms with Crippen LogP contribution in [-0.4, -0.2) is 24.7 Å². The molecule has 2 rings (SSSR count). The van der Waals surface area contributed by atoms with E-state index in [1.54, 1.807) is 0 Å². The first kappa shape index (κ1) is 9.67. The summed E-state index contributed by atoms with van der Waals surface area (Å²) in [5, 5.41) is 6.19. The summed E-state index contributed by atoms with van der Waals surface area (Å²) in [5.74, 6) is 0.629. The van der Waals surface area contributed by atoms with E-state index >= 15 is 0 Å². The highest BCUT2D eigenvalue weighted by molar-refractivity contribution is 7.89. The lowest BCUT2D eigenvalue weighted by Crippen LogP contribution is -2.43. The Morgan fingerprint density at radius 1 is 1.57 bits per heavy atom. The van der Waals surface area contributed by atoms with Crippen molar-refractivity contribution in [3.63, 3.8) is 0 Å². The molecule has 0 spiro atoms. The Bertz CT molecular complexity index is 392. The minimum absolute atomic E-state index is 0.0956. The first-order valence-corrected chi connectivity index (χ1v) is 6.08. The number of aromatic nitrogens is 2. The van der Waals surface area contributed by atoms with Gasteiger partial charge < -0.3 is 0 Å². The van der Waals surface area contributed by atoms with Crippen molar-refractivity contribution in [2.24, 2.45) is 5.92 Å². The molecule has 1 fully saturated rings. The molecule has 0 amide bonds. The van der Waals surface area contributed by atoms with Gasteiger partial charge in [0.05, 0.1) is 6.20 Å². The SMILES string of the molecule is CC1CC(NS(=O)(=O)c2ccn[nH]2)C1. The van der Waals surface area contributed by atoms with Crippen molar-refractivity contribution < 1.29 is 8.42 Å². The molecule has 0 bridgehead atoms. The third-order valence-corrected chi connectivity index (χ3v) is 3.91. The first-order valence-electron chi connectivity index (χ1n) is 4.59. The van der Waals surface area contributed by atoms with Gasteiger partial charge in [-0.25, -0.2) is 13.1 Å². The van der Waals surface area contributed by atoms with Crippen LogP contribution in [0.2, 0.25) is 0 Å². The summed E-state index contributed by atoms with van der Waals surface area (Å²) in [5.41, 5.74) is 0. The number of hydrogen-bond acceptors (Lipinski definition) is 3. The summed E-state index contributed by atoms with van der Waals surface area (Å²) in [4.78, 5) is 0. The van der Waals surface area contributed by atoms with Gasteiger partial charge in [0.2, 0.25) is 0 Å². The molecule has 0 aromatic carbocycles. The smallest absolute Gasteiger partial charge is 0.257 e. The van der Waals surface area contributed by atoms with E-state index in [1.165, 1.54) is 12.3 Å². The maximum atomic E-state index is 11.6. The molecule has 0 aliphatic heterocycles. The highest BCUT2D eigenvalue weighted by Gasteiger charge is 2.30. The number of nitrogens with zero attached hydrogens (tertiary/aromatic N) is 1. The highest BCUT2D eigenvalue weighted by Crippen LogP contribution is 2.27. The van der Waals surface area contributed by atoms with E-state index in [4.69, 9.17) is 0 Å². The number of rotatable bonds is 3. The summed E-state index contributed by atoms with van der Waals surface area (Å²) in [6, 6.07) is 1.54. The average Bonchev–Trinajstić information content (AvgIpc) is 2.52. The van der Waals surface area contributed by atoms with Crippen LogP contribution in [0.3, 0.4) is 0 Å². The molecule has 14 heavy (non-hydrogen) atoms. The quantitative estimate of drug-likeness (QED) is 0.770. The van der Waals surface area contributed by atoms with E-state index in [0.29, 0.717) is 5.92 Å². The first-order chi connectivity index (χ1) is 6.58. The van der Waals surface area contributed by atoms with E-state index in [-0.39, 0.29) is 11.1 Å². The zero-order valence-corrected chi connectivity index (χ0v) is 8.71. The van der Waals surface area contributed by atoms with Crippen LogP contribution in [0.1, 0.15) is 19.8 Å². The maximum absolute atomic E-state index is 11.6. The van der Waals surface area contributed by atoms with E-state index < -0.39 is 10.0 Å². The predicted octanol–water partition coefficient (Wildman–Crippen LogP) is 0.486. The second-order valence-corrected chi connectivity index (χ2v) is 5.50. The standard InChI is InChI=1S/C8H13N3O2S/c1-6-4-7(5-6)11-14(12,13)8-2-3-9-10-8/h2-3,6-7,11H,4-5H2,1H3,(H,9,10). The summed E-state index contributed by atoms with van der Waals surface area (Å²) in [6.07, 6.45) is 3.28. The van der Waals surface area contributed by atoms with Gasteiger partial charge in [0.25, 0.3) is 10.0 Å². The summed E-state index contributed by atoms with van der Waals surface area (Å²) in [6.45, 7) is 2.11. The molecule has 2 N–H and O–H groups in total. The fourth-order valence-corrected chi connectivity index (χ4v) is 2.85. The third kappa shape index (κ3) is 1.80. The number of hydrogen-bond donors (Lipinski definition) is 2. The van der Waals surface area contributed by atoms with E-state index in [9.17, 15) is 8.42 Å². The van der Waals surface area contributed by atoms with Gasteiger partial charge in [-0.1, -0.05) is 6.92 Å². The summed E-state index contributed by atoms with van der Waals surface area (Å²) >= 11 is 0. The van der Waals surface area contributed by atoms with Crippen molar-refractivity contribution in [1.29, 1.82) is 0 Å². The van der Waals surface area contributed by atoms with Crippen molar-refractivity contribution in [2.45, 2.75) is 30.8 Å². The zero-order valence-electron chi connectivity index (χ0n) is 7.90. The molecule has 6 heteroatoms. The number of nitrogens with one attached hydrogen (secondary N) is 2. The van der Waals surface area contributed by atoms with Gasteiger partial charge in [-0.15, -0.1) is 0 Å². The van der Waals surface area contributed by atoms with Gasteiger partial charge in [0.1, 0.15) is 0 Å². The van der Waals surface area contributed by atoms with Crippen LogP contribution in [0.15, 0.2) is 17.3 Å². The largest absolute Gasteiger partial charge is 0.266 e. The number of aromatic amines is 1. The molecule has 1 saturated carbocycles. The topological polar surface area (TPSA) is 74.8 Å². The second kappa shape index (κ2) is 3.36. The van der Waals surface area contributed by atoms with Crippen molar-refractivity contribution in [3.05, 3.63) is 12.3 Å². The molecule has 1 aromatic heterocycles. The molecule has 0 atom stereocenters. The molecule has 1 aliphatic rings. The molecule has 1 heterocycles. The predicted molar refractivity (Wildman–Crippen MR) is 51.1 cm³/mol. The van der Waals surface area contributed by atoms with Gasteiger partial charge in [-0.2, -0.15) is 5.10 Å². The Morgan fingerprint density at radius 3 is 2.79 bits per heavy atom. The minimum atomic E-state index is -3.37. The number of H-pyrrole nitrogens is 1. The number of sulfonamides is 1. The molecule has 0 saturated heterocycles. The zero-order chi connectivity index (χ0) is 10.2. The lowest BCUT2D eigenvalue weighted by atomic mass is 9.83. The lowest BCUT2D eigenvalue weighted by Gasteiger charge is -2.32. The molecule has 5 nitrogen and oxygen atoms in total. The fraction of sp³-hybridized carbons (Fsp3) is 0.625. The fourth-order valence-electron chi connectivity index (χ4n) is 1.67. The van der Waals surface area contributed by atoms with E-state index in [0.717, 1.165) is 12.8 Å². The molecule has 1 aromatic rings. The molecule has 78 valence electrons. The molecular formula is C8H13N3O2S. The minimum Gasteiger partial charge on any atom is -0.266 e. The Morgan fingerprint density at radius 2 is 2.29 bits per heavy atom. The normalized spacial score (nSPS) is 27.2. The van der Waals surface area contributed by atoms with Crippen molar-refractivity contribution >= 4 is 10.0 Å². The third-order valence-electron chi connectivity index (χ3n) is 2.46. The van der Waals surface area contributed by atoms with Gasteiger partial charge >= 0.3 is 0 Å². The lowest BCUT2D eigenvalue weighted by molar-refractivity contribution is 0.270.